The van der Waals surface area contributed by atoms with Crippen molar-refractivity contribution in [2.24, 2.45) is 0 Å². The summed E-state index contributed by atoms with van der Waals surface area (Å²) < 4.78 is 11.0. The number of carbonyl (C=O) groups excluding carboxylic acids is 3. The Morgan fingerprint density at radius 2 is 1.67 bits per heavy atom. The van der Waals surface area contributed by atoms with Crippen molar-refractivity contribution in [2.45, 2.75) is 6.92 Å². The minimum absolute atomic E-state index is 0.0322. The van der Waals surface area contributed by atoms with Gasteiger partial charge in [-0.2, -0.15) is 9.59 Å². The highest BCUT2D eigenvalue weighted by atomic mass is 32.1. The maximum Gasteiger partial charge on any atom is 0.373 e. The molecule has 3 aromatic carbocycles. The van der Waals surface area contributed by atoms with Crippen LogP contribution in [0.4, 0.5) is 5.00 Å². The van der Waals surface area contributed by atoms with Crippen molar-refractivity contribution in [3.63, 3.8) is 0 Å². The Kier molecular flexibility index (Phi) is 10.1. The molecule has 0 radical (unpaired) electrons. The van der Waals surface area contributed by atoms with Crippen LogP contribution >= 0.6 is 23.6 Å². The van der Waals surface area contributed by atoms with E-state index in [0.717, 1.165) is 32.0 Å². The molecular formula is C32H27N3O5S2. The highest BCUT2D eigenvalue weighted by Gasteiger charge is 2.17. The predicted octanol–water partition coefficient (Wildman–Crippen LogP) is 6.54. The van der Waals surface area contributed by atoms with Crippen LogP contribution in [0.5, 0.6) is 11.5 Å². The van der Waals surface area contributed by atoms with E-state index in [1.54, 1.807) is 31.6 Å². The number of carbonyl (C=O) groups is 1. The van der Waals surface area contributed by atoms with Gasteiger partial charge in [-0.25, -0.2) is 4.98 Å². The van der Waals surface area contributed by atoms with Crippen molar-refractivity contribution in [3.8, 4) is 33.2 Å². The Hall–Kier alpha value is -4.89. The van der Waals surface area contributed by atoms with Gasteiger partial charge in [-0.1, -0.05) is 48.5 Å². The van der Waals surface area contributed by atoms with E-state index in [-0.39, 0.29) is 18.5 Å². The lowest BCUT2D eigenvalue weighted by Gasteiger charge is -2.14. The Morgan fingerprint density at radius 1 is 0.952 bits per heavy atom. The number of nitrogens with zero attached hydrogens (tertiary/aromatic N) is 1. The van der Waals surface area contributed by atoms with Crippen LogP contribution in [-0.2, 0) is 9.59 Å². The first-order chi connectivity index (χ1) is 20.4. The first kappa shape index (κ1) is 30.1. The lowest BCUT2D eigenvalue weighted by atomic mass is 10.0. The van der Waals surface area contributed by atoms with E-state index in [0.29, 0.717) is 33.4 Å². The van der Waals surface area contributed by atoms with Crippen molar-refractivity contribution >= 4 is 56.5 Å². The zero-order valence-corrected chi connectivity index (χ0v) is 24.7. The maximum atomic E-state index is 13.5. The Bertz CT molecular complexity index is 1760. The van der Waals surface area contributed by atoms with E-state index in [1.807, 2.05) is 67.6 Å². The van der Waals surface area contributed by atoms with E-state index < -0.39 is 0 Å². The second-order valence-electron chi connectivity index (χ2n) is 8.94. The number of Topliss-reactive ketones (excluding diaryl/α,β-unsaturated/α-hetero) is 1. The molecule has 0 bridgehead atoms. The number of aryl methyl sites for hydroxylation is 1. The SMILES string of the molecule is COc1ccc(OC)c(-c2cc(C(=O)CNC(=S)Nc3sc(-c4ccccc4)cc3C)c3ccccc3n2)c1.O=C=O. The van der Waals surface area contributed by atoms with Gasteiger partial charge in [0.2, 0.25) is 0 Å². The molecule has 0 unspecified atom stereocenters. The summed E-state index contributed by atoms with van der Waals surface area (Å²) in [6.45, 7) is 2.07. The highest BCUT2D eigenvalue weighted by Crippen LogP contribution is 2.36. The molecule has 0 saturated heterocycles. The highest BCUT2D eigenvalue weighted by molar-refractivity contribution is 7.80. The number of pyridine rings is 1. The average molecular weight is 598 g/mol. The Balaban J connectivity index is 0.00000129. The van der Waals surface area contributed by atoms with Crippen LogP contribution in [0, 0.1) is 6.92 Å². The minimum Gasteiger partial charge on any atom is -0.497 e. The molecule has 2 N–H and O–H groups in total. The largest absolute Gasteiger partial charge is 0.497 e. The summed E-state index contributed by atoms with van der Waals surface area (Å²) in [7, 11) is 3.21. The molecular weight excluding hydrogens is 571 g/mol. The fraction of sp³-hybridized carbons (Fsp3) is 0.125. The summed E-state index contributed by atoms with van der Waals surface area (Å²) in [5.41, 5.74) is 4.87. The van der Waals surface area contributed by atoms with E-state index >= 15 is 0 Å². The lowest BCUT2D eigenvalue weighted by molar-refractivity contribution is -0.191. The maximum absolute atomic E-state index is 13.5. The van der Waals surface area contributed by atoms with E-state index in [2.05, 4.69) is 28.8 Å². The Labute approximate surface area is 252 Å². The predicted molar refractivity (Wildman–Crippen MR) is 168 cm³/mol. The number of hydrogen-bond acceptors (Lipinski definition) is 8. The standard InChI is InChI=1S/C31H27N3O3S2.CO2/c1-19-15-29(20-9-5-4-6-10-20)39-30(19)34-31(38)32-18-27(35)23-17-26(33-25-12-8-7-11-22(23)25)24-16-21(36-2)13-14-28(24)37-3;2-1-3/h4-17H,18H2,1-3H3,(H2,32,34,38);. The van der Waals surface area contributed by atoms with Crippen LogP contribution in [-0.4, -0.2) is 42.8 Å². The van der Waals surface area contributed by atoms with Crippen molar-refractivity contribution in [1.29, 1.82) is 0 Å². The average Bonchev–Trinajstić information content (AvgIpc) is 3.39. The van der Waals surface area contributed by atoms with E-state index in [4.69, 9.17) is 36.3 Å². The smallest absolute Gasteiger partial charge is 0.373 e. The molecule has 212 valence electrons. The summed E-state index contributed by atoms with van der Waals surface area (Å²) >= 11 is 7.16. The number of anilines is 1. The number of thiophene rings is 1. The molecule has 5 rings (SSSR count). The molecule has 2 heterocycles. The number of ketones is 1. The molecule has 0 aliphatic heterocycles. The molecule has 0 aliphatic carbocycles. The number of methoxy groups -OCH3 is 2. The van der Waals surface area contributed by atoms with Gasteiger partial charge in [0.1, 0.15) is 11.5 Å². The first-order valence-corrected chi connectivity index (χ1v) is 14.0. The number of para-hydroxylation sites is 1. The second kappa shape index (κ2) is 14.1. The van der Waals surface area contributed by atoms with Gasteiger partial charge >= 0.3 is 6.15 Å². The van der Waals surface area contributed by atoms with Gasteiger partial charge in [-0.3, -0.25) is 4.79 Å². The van der Waals surface area contributed by atoms with Crippen molar-refractivity contribution in [1.82, 2.24) is 10.3 Å². The molecule has 42 heavy (non-hydrogen) atoms. The van der Waals surface area contributed by atoms with Gasteiger partial charge in [-0.15, -0.1) is 11.3 Å². The van der Waals surface area contributed by atoms with Gasteiger partial charge in [0.25, 0.3) is 0 Å². The lowest BCUT2D eigenvalue weighted by Crippen LogP contribution is -2.33. The number of nitrogens with one attached hydrogen (secondary N) is 2. The molecule has 0 amide bonds. The molecule has 0 spiro atoms. The van der Waals surface area contributed by atoms with Crippen molar-refractivity contribution in [2.75, 3.05) is 26.1 Å². The normalized spacial score (nSPS) is 10.2. The van der Waals surface area contributed by atoms with Crippen LogP contribution < -0.4 is 20.1 Å². The summed E-state index contributed by atoms with van der Waals surface area (Å²) in [5, 5.41) is 8.44. The number of rotatable bonds is 8. The number of ether oxygens (including phenoxy) is 2. The molecule has 0 fully saturated rings. The number of aromatic nitrogens is 1. The number of benzene rings is 3. The second-order valence-corrected chi connectivity index (χ2v) is 10.4. The fourth-order valence-electron chi connectivity index (χ4n) is 4.31. The number of fused-ring (bicyclic) bond motifs is 1. The quantitative estimate of drug-likeness (QED) is 0.152. The van der Waals surface area contributed by atoms with Gasteiger partial charge in [0.05, 0.1) is 37.0 Å². The van der Waals surface area contributed by atoms with Crippen LogP contribution in [0.1, 0.15) is 15.9 Å². The third-order valence-corrected chi connectivity index (χ3v) is 7.76. The molecule has 8 nitrogen and oxygen atoms in total. The van der Waals surface area contributed by atoms with Crippen molar-refractivity contribution < 1.29 is 23.9 Å². The summed E-state index contributed by atoms with van der Waals surface area (Å²) in [6, 6.07) is 27.2. The number of thiocarbonyl (C=S) groups is 1. The minimum atomic E-state index is -0.103. The topological polar surface area (TPSA) is 107 Å². The molecule has 5 aromatic rings. The molecule has 0 saturated carbocycles. The van der Waals surface area contributed by atoms with Crippen LogP contribution in [0.15, 0.2) is 84.9 Å². The van der Waals surface area contributed by atoms with Gasteiger partial charge < -0.3 is 20.1 Å². The van der Waals surface area contributed by atoms with Gasteiger partial charge in [-0.05, 0) is 66.7 Å². The molecule has 10 heteroatoms. The first-order valence-electron chi connectivity index (χ1n) is 12.7. The van der Waals surface area contributed by atoms with Crippen LogP contribution in [0.2, 0.25) is 0 Å². The zero-order valence-electron chi connectivity index (χ0n) is 23.1. The molecule has 0 aliphatic rings. The monoisotopic (exact) mass is 597 g/mol. The van der Waals surface area contributed by atoms with Crippen LogP contribution in [0.3, 0.4) is 0 Å². The van der Waals surface area contributed by atoms with Gasteiger partial charge in [0.15, 0.2) is 10.9 Å². The summed E-state index contributed by atoms with van der Waals surface area (Å²) in [4.78, 5) is 35.7. The van der Waals surface area contributed by atoms with Gasteiger partial charge in [0, 0.05) is 21.4 Å². The Morgan fingerprint density at radius 3 is 2.38 bits per heavy atom. The fourth-order valence-corrected chi connectivity index (χ4v) is 5.63. The van der Waals surface area contributed by atoms with E-state index in [1.165, 1.54) is 0 Å². The third-order valence-electron chi connectivity index (χ3n) is 6.31. The summed E-state index contributed by atoms with van der Waals surface area (Å²) in [5.74, 6) is 1.21. The number of hydrogen-bond donors (Lipinski definition) is 2. The van der Waals surface area contributed by atoms with E-state index in [9.17, 15) is 4.79 Å². The molecule has 0 atom stereocenters. The molecule has 2 aromatic heterocycles. The van der Waals surface area contributed by atoms with Crippen molar-refractivity contribution in [3.05, 3.63) is 96.1 Å². The third kappa shape index (κ3) is 7.05. The summed E-state index contributed by atoms with van der Waals surface area (Å²) in [6.07, 6.45) is 0.250. The van der Waals surface area contributed by atoms with Crippen LogP contribution in [0.25, 0.3) is 32.6 Å². The zero-order chi connectivity index (χ0) is 30.1.